The zero-order chi connectivity index (χ0) is 17.9. The maximum Gasteiger partial charge on any atom is 0.245 e. The quantitative estimate of drug-likeness (QED) is 0.792. The Kier molecular flexibility index (Phi) is 5.26. The molecule has 1 atom stereocenters. The Balaban J connectivity index is 1.40. The average Bonchev–Trinajstić information content (AvgIpc) is 3.38. The first kappa shape index (κ1) is 17.5. The minimum atomic E-state index is 0.0727. The monoisotopic (exact) mass is 375 g/mol. The van der Waals surface area contributed by atoms with E-state index in [4.69, 9.17) is 0 Å². The number of nitrogens with zero attached hydrogens (tertiary/aromatic N) is 7. The van der Waals surface area contributed by atoms with E-state index in [1.54, 1.807) is 22.2 Å². The van der Waals surface area contributed by atoms with Crippen LogP contribution in [0.2, 0.25) is 0 Å². The average molecular weight is 376 g/mol. The molecule has 9 heteroatoms. The van der Waals surface area contributed by atoms with Crippen LogP contribution >= 0.6 is 11.3 Å². The molecule has 0 N–H and O–H groups in total. The Labute approximate surface area is 157 Å². The molecule has 1 amide bonds. The summed E-state index contributed by atoms with van der Waals surface area (Å²) in [7, 11) is 0. The summed E-state index contributed by atoms with van der Waals surface area (Å²) in [5.74, 6) is 1.64. The van der Waals surface area contributed by atoms with Crippen LogP contribution < -0.4 is 0 Å². The number of tetrazole rings is 1. The van der Waals surface area contributed by atoms with Crippen LogP contribution in [0.15, 0.2) is 11.6 Å². The molecule has 1 unspecified atom stereocenters. The molecular formula is C17H25N7OS. The molecular weight excluding hydrogens is 350 g/mol. The molecule has 2 fully saturated rings. The Morgan fingerprint density at radius 1 is 1.27 bits per heavy atom. The maximum atomic E-state index is 12.9. The number of aromatic nitrogens is 5. The van der Waals surface area contributed by atoms with Crippen LogP contribution in [0.3, 0.4) is 0 Å². The number of piperidine rings is 1. The highest BCUT2D eigenvalue weighted by Gasteiger charge is 2.32. The number of hydrogen-bond donors (Lipinski definition) is 0. The largest absolute Gasteiger partial charge is 0.332 e. The highest BCUT2D eigenvalue weighted by atomic mass is 32.1. The van der Waals surface area contributed by atoms with Crippen LogP contribution in [0.4, 0.5) is 0 Å². The molecule has 2 aromatic heterocycles. The van der Waals surface area contributed by atoms with Crippen molar-refractivity contribution in [3.8, 4) is 0 Å². The lowest BCUT2D eigenvalue weighted by Gasteiger charge is -2.29. The van der Waals surface area contributed by atoms with Gasteiger partial charge in [-0.05, 0) is 55.1 Å². The van der Waals surface area contributed by atoms with Gasteiger partial charge in [-0.25, -0.2) is 9.67 Å². The summed E-state index contributed by atoms with van der Waals surface area (Å²) >= 11 is 1.62. The van der Waals surface area contributed by atoms with Gasteiger partial charge in [0.05, 0.1) is 12.6 Å². The van der Waals surface area contributed by atoms with Crippen LogP contribution in [0.1, 0.15) is 49.5 Å². The summed E-state index contributed by atoms with van der Waals surface area (Å²) in [6.07, 6.45) is 6.23. The Hall–Kier alpha value is -1.87. The molecule has 2 aliphatic heterocycles. The number of hydrogen-bond acceptors (Lipinski definition) is 7. The fraction of sp³-hybridized carbons (Fsp3) is 0.706. The molecule has 0 aliphatic carbocycles. The smallest absolute Gasteiger partial charge is 0.245 e. The van der Waals surface area contributed by atoms with Crippen molar-refractivity contribution in [3.63, 3.8) is 0 Å². The van der Waals surface area contributed by atoms with Gasteiger partial charge in [-0.1, -0.05) is 6.92 Å². The molecule has 2 aromatic rings. The number of likely N-dealkylation sites (tertiary alicyclic amines) is 2. The van der Waals surface area contributed by atoms with E-state index >= 15 is 0 Å². The van der Waals surface area contributed by atoms with Crippen molar-refractivity contribution in [2.75, 3.05) is 19.6 Å². The van der Waals surface area contributed by atoms with Crippen molar-refractivity contribution in [3.05, 3.63) is 22.4 Å². The fourth-order valence-electron chi connectivity index (χ4n) is 3.82. The Bertz CT molecular complexity index is 723. The number of amides is 1. The molecule has 0 bridgehead atoms. The SMILES string of the molecule is CC1CCN(Cc2nnnn2CC(=O)N2CCCC2c2nccs2)CC1. The van der Waals surface area contributed by atoms with Crippen LogP contribution in [0.25, 0.3) is 0 Å². The van der Waals surface area contributed by atoms with Gasteiger partial charge in [0.25, 0.3) is 0 Å². The minimum absolute atomic E-state index is 0.0727. The van der Waals surface area contributed by atoms with Gasteiger partial charge >= 0.3 is 0 Å². The Morgan fingerprint density at radius 3 is 2.88 bits per heavy atom. The predicted octanol–water partition coefficient (Wildman–Crippen LogP) is 1.73. The van der Waals surface area contributed by atoms with Gasteiger partial charge in [0.1, 0.15) is 11.6 Å². The lowest BCUT2D eigenvalue weighted by atomic mass is 9.99. The molecule has 140 valence electrons. The predicted molar refractivity (Wildman–Crippen MR) is 97.3 cm³/mol. The second-order valence-corrected chi connectivity index (χ2v) is 8.25. The molecule has 2 aliphatic rings. The van der Waals surface area contributed by atoms with E-state index in [-0.39, 0.29) is 18.5 Å². The summed E-state index contributed by atoms with van der Waals surface area (Å²) in [6, 6.07) is 0.103. The van der Waals surface area contributed by atoms with Crippen molar-refractivity contribution in [1.29, 1.82) is 0 Å². The van der Waals surface area contributed by atoms with Gasteiger partial charge in [-0.3, -0.25) is 9.69 Å². The lowest BCUT2D eigenvalue weighted by Crippen LogP contribution is -2.36. The van der Waals surface area contributed by atoms with E-state index in [1.807, 2.05) is 10.3 Å². The summed E-state index contributed by atoms with van der Waals surface area (Å²) in [5.41, 5.74) is 0. The summed E-state index contributed by atoms with van der Waals surface area (Å²) in [6.45, 7) is 6.14. The van der Waals surface area contributed by atoms with Gasteiger partial charge < -0.3 is 4.90 Å². The van der Waals surface area contributed by atoms with Gasteiger partial charge in [0.15, 0.2) is 5.82 Å². The molecule has 4 heterocycles. The molecule has 0 saturated carbocycles. The third-order valence-corrected chi connectivity index (χ3v) is 6.32. The van der Waals surface area contributed by atoms with E-state index in [0.717, 1.165) is 49.2 Å². The standard InChI is InChI=1S/C17H25N7OS/c1-13-4-8-22(9-5-13)11-15-19-20-21-24(15)12-16(25)23-7-2-3-14(23)17-18-6-10-26-17/h6,10,13-14H,2-5,7-9,11-12H2,1H3. The van der Waals surface area contributed by atoms with Crippen molar-refractivity contribution >= 4 is 17.2 Å². The molecule has 8 nitrogen and oxygen atoms in total. The third-order valence-electron chi connectivity index (χ3n) is 5.44. The normalized spacial score (nSPS) is 22.2. The van der Waals surface area contributed by atoms with Crippen molar-refractivity contribution < 1.29 is 4.79 Å². The van der Waals surface area contributed by atoms with E-state index in [1.165, 1.54) is 12.8 Å². The van der Waals surface area contributed by atoms with Crippen molar-refractivity contribution in [2.24, 2.45) is 5.92 Å². The second-order valence-electron chi connectivity index (χ2n) is 7.33. The van der Waals surface area contributed by atoms with Gasteiger partial charge in [-0.15, -0.1) is 16.4 Å². The first-order chi connectivity index (χ1) is 12.7. The van der Waals surface area contributed by atoms with Gasteiger partial charge in [0, 0.05) is 18.1 Å². The highest BCUT2D eigenvalue weighted by Crippen LogP contribution is 2.33. The highest BCUT2D eigenvalue weighted by molar-refractivity contribution is 7.09. The molecule has 26 heavy (non-hydrogen) atoms. The number of carbonyl (C=O) groups excluding carboxylic acids is 1. The van der Waals surface area contributed by atoms with Crippen LogP contribution in [-0.2, 0) is 17.9 Å². The molecule has 0 aromatic carbocycles. The van der Waals surface area contributed by atoms with Crippen LogP contribution in [0.5, 0.6) is 0 Å². The van der Waals surface area contributed by atoms with Crippen LogP contribution in [-0.4, -0.2) is 60.5 Å². The number of rotatable bonds is 5. The lowest BCUT2D eigenvalue weighted by molar-refractivity contribution is -0.133. The summed E-state index contributed by atoms with van der Waals surface area (Å²) < 4.78 is 1.66. The second kappa shape index (κ2) is 7.79. The van der Waals surface area contributed by atoms with Crippen molar-refractivity contribution in [1.82, 2.24) is 35.0 Å². The zero-order valence-electron chi connectivity index (χ0n) is 15.1. The number of thiazole rings is 1. The molecule has 0 radical (unpaired) electrons. The van der Waals surface area contributed by atoms with Crippen LogP contribution in [0, 0.1) is 5.92 Å². The van der Waals surface area contributed by atoms with Gasteiger partial charge in [-0.2, -0.15) is 0 Å². The summed E-state index contributed by atoms with van der Waals surface area (Å²) in [4.78, 5) is 21.6. The van der Waals surface area contributed by atoms with Crippen molar-refractivity contribution in [2.45, 2.75) is 51.7 Å². The summed E-state index contributed by atoms with van der Waals surface area (Å²) in [5, 5.41) is 15.0. The third kappa shape index (κ3) is 3.78. The van der Waals surface area contributed by atoms with E-state index in [9.17, 15) is 4.79 Å². The fourth-order valence-corrected chi connectivity index (χ4v) is 4.60. The molecule has 0 spiro atoms. The molecule has 4 rings (SSSR count). The minimum Gasteiger partial charge on any atom is -0.332 e. The maximum absolute atomic E-state index is 12.9. The molecule has 2 saturated heterocycles. The first-order valence-electron chi connectivity index (χ1n) is 9.37. The van der Waals surface area contributed by atoms with E-state index < -0.39 is 0 Å². The van der Waals surface area contributed by atoms with Gasteiger partial charge in [0.2, 0.25) is 5.91 Å². The van der Waals surface area contributed by atoms with E-state index in [0.29, 0.717) is 6.54 Å². The first-order valence-corrected chi connectivity index (χ1v) is 10.2. The zero-order valence-corrected chi connectivity index (χ0v) is 15.9. The number of carbonyl (C=O) groups is 1. The van der Waals surface area contributed by atoms with E-state index in [2.05, 4.69) is 32.3 Å². The Morgan fingerprint density at radius 2 is 2.12 bits per heavy atom. The topological polar surface area (TPSA) is 80.0 Å².